The molecule has 6 nitrogen and oxygen atoms in total. The highest BCUT2D eigenvalue weighted by molar-refractivity contribution is 5.94. The molecule has 0 bridgehead atoms. The van der Waals surface area contributed by atoms with Crippen LogP contribution in [0.15, 0.2) is 24.3 Å². The summed E-state index contributed by atoms with van der Waals surface area (Å²) in [4.78, 5) is 27.9. The fourth-order valence-corrected chi connectivity index (χ4v) is 2.71. The number of methoxy groups -OCH3 is 1. The number of rotatable bonds is 5. The number of carbonyl (C=O) groups excluding carboxylic acids is 2. The molecule has 1 aliphatic heterocycles. The van der Waals surface area contributed by atoms with Crippen molar-refractivity contribution in [1.29, 1.82) is 0 Å². The average molecular weight is 319 g/mol. The van der Waals surface area contributed by atoms with E-state index in [2.05, 4.69) is 5.32 Å². The topological polar surface area (TPSA) is 61.9 Å². The fraction of sp³-hybridized carbons (Fsp3) is 0.529. The van der Waals surface area contributed by atoms with Crippen molar-refractivity contribution in [2.45, 2.75) is 18.9 Å². The zero-order valence-electron chi connectivity index (χ0n) is 14.0. The smallest absolute Gasteiger partial charge is 0.253 e. The van der Waals surface area contributed by atoms with Crippen LogP contribution in [0.2, 0.25) is 0 Å². The molecule has 1 aromatic rings. The van der Waals surface area contributed by atoms with E-state index < -0.39 is 0 Å². The number of ether oxygens (including phenoxy) is 1. The van der Waals surface area contributed by atoms with Crippen molar-refractivity contribution < 1.29 is 14.3 Å². The van der Waals surface area contributed by atoms with Crippen molar-refractivity contribution in [3.63, 3.8) is 0 Å². The Kier molecular flexibility index (Phi) is 5.98. The summed E-state index contributed by atoms with van der Waals surface area (Å²) >= 11 is 0. The highest BCUT2D eigenvalue weighted by atomic mass is 16.5. The fourth-order valence-electron chi connectivity index (χ4n) is 2.71. The lowest BCUT2D eigenvalue weighted by molar-refractivity contribution is -0.125. The normalized spacial score (nSPS) is 15.3. The SMILES string of the molecule is COCC(=O)NC1CCN(C(=O)c2ccc(N(C)C)cc2)CC1. The van der Waals surface area contributed by atoms with Gasteiger partial charge in [0, 0.05) is 51.6 Å². The maximum absolute atomic E-state index is 12.5. The van der Waals surface area contributed by atoms with Crippen molar-refractivity contribution in [2.24, 2.45) is 0 Å². The number of nitrogens with one attached hydrogen (secondary N) is 1. The van der Waals surface area contributed by atoms with Gasteiger partial charge in [0.1, 0.15) is 6.61 Å². The molecule has 1 heterocycles. The van der Waals surface area contributed by atoms with Crippen LogP contribution in [0.3, 0.4) is 0 Å². The minimum absolute atomic E-state index is 0.0528. The van der Waals surface area contributed by atoms with Crippen LogP contribution in [0.5, 0.6) is 0 Å². The van der Waals surface area contributed by atoms with Crippen LogP contribution in [-0.4, -0.2) is 63.7 Å². The quantitative estimate of drug-likeness (QED) is 0.883. The lowest BCUT2D eigenvalue weighted by Crippen LogP contribution is -2.47. The number of likely N-dealkylation sites (tertiary alicyclic amines) is 1. The standard InChI is InChI=1S/C17H25N3O3/c1-19(2)15-6-4-13(5-7-15)17(22)20-10-8-14(9-11-20)18-16(21)12-23-3/h4-7,14H,8-12H2,1-3H3,(H,18,21). The van der Waals surface area contributed by atoms with E-state index in [0.717, 1.165) is 18.5 Å². The van der Waals surface area contributed by atoms with Crippen LogP contribution in [-0.2, 0) is 9.53 Å². The van der Waals surface area contributed by atoms with Crippen LogP contribution < -0.4 is 10.2 Å². The molecule has 0 aliphatic carbocycles. The van der Waals surface area contributed by atoms with Gasteiger partial charge in [-0.05, 0) is 37.1 Å². The van der Waals surface area contributed by atoms with Crippen LogP contribution in [0.4, 0.5) is 5.69 Å². The van der Waals surface area contributed by atoms with E-state index in [1.165, 1.54) is 7.11 Å². The molecule has 2 rings (SSSR count). The summed E-state index contributed by atoms with van der Waals surface area (Å²) in [6.07, 6.45) is 1.55. The molecule has 0 saturated carbocycles. The highest BCUT2D eigenvalue weighted by Crippen LogP contribution is 2.17. The lowest BCUT2D eigenvalue weighted by Gasteiger charge is -2.32. The second-order valence-corrected chi connectivity index (χ2v) is 6.01. The van der Waals surface area contributed by atoms with E-state index in [9.17, 15) is 9.59 Å². The Morgan fingerprint density at radius 2 is 1.83 bits per heavy atom. The van der Waals surface area contributed by atoms with E-state index in [1.807, 2.05) is 48.2 Å². The Balaban J connectivity index is 1.87. The van der Waals surface area contributed by atoms with E-state index >= 15 is 0 Å². The van der Waals surface area contributed by atoms with Crippen molar-refractivity contribution in [2.75, 3.05) is 45.8 Å². The summed E-state index contributed by atoms with van der Waals surface area (Å²) in [7, 11) is 5.45. The molecule has 1 N–H and O–H groups in total. The minimum atomic E-state index is -0.100. The van der Waals surface area contributed by atoms with Gasteiger partial charge < -0.3 is 19.9 Å². The average Bonchev–Trinajstić information content (AvgIpc) is 2.55. The molecule has 1 fully saturated rings. The number of anilines is 1. The summed E-state index contributed by atoms with van der Waals surface area (Å²) in [5, 5.41) is 2.93. The zero-order chi connectivity index (χ0) is 16.8. The molecule has 1 saturated heterocycles. The third-order valence-electron chi connectivity index (χ3n) is 4.05. The van der Waals surface area contributed by atoms with Crippen molar-refractivity contribution in [3.8, 4) is 0 Å². The van der Waals surface area contributed by atoms with Gasteiger partial charge in [0.2, 0.25) is 5.91 Å². The number of hydrogen-bond donors (Lipinski definition) is 1. The monoisotopic (exact) mass is 319 g/mol. The van der Waals surface area contributed by atoms with Crippen LogP contribution in [0, 0.1) is 0 Å². The van der Waals surface area contributed by atoms with E-state index in [1.54, 1.807) is 0 Å². The number of benzene rings is 1. The van der Waals surface area contributed by atoms with Gasteiger partial charge in [-0.3, -0.25) is 9.59 Å². The number of amides is 2. The molecule has 0 radical (unpaired) electrons. The van der Waals surface area contributed by atoms with E-state index in [0.29, 0.717) is 18.7 Å². The van der Waals surface area contributed by atoms with E-state index in [4.69, 9.17) is 4.74 Å². The number of piperidine rings is 1. The number of carbonyl (C=O) groups is 2. The molecule has 1 aliphatic rings. The van der Waals surface area contributed by atoms with Gasteiger partial charge in [0.15, 0.2) is 0 Å². The maximum Gasteiger partial charge on any atom is 0.253 e. The van der Waals surface area contributed by atoms with Crippen molar-refractivity contribution in [3.05, 3.63) is 29.8 Å². The summed E-state index contributed by atoms with van der Waals surface area (Å²) in [5.41, 5.74) is 1.78. The maximum atomic E-state index is 12.5. The molecule has 0 spiro atoms. The molecule has 2 amide bonds. The third kappa shape index (κ3) is 4.69. The summed E-state index contributed by atoms with van der Waals surface area (Å²) in [6.45, 7) is 1.40. The summed E-state index contributed by atoms with van der Waals surface area (Å²) in [6, 6.07) is 7.75. The predicted molar refractivity (Wildman–Crippen MR) is 89.7 cm³/mol. The van der Waals surface area contributed by atoms with Crippen LogP contribution >= 0.6 is 0 Å². The second kappa shape index (κ2) is 7.97. The van der Waals surface area contributed by atoms with Gasteiger partial charge >= 0.3 is 0 Å². The van der Waals surface area contributed by atoms with Gasteiger partial charge in [-0.2, -0.15) is 0 Å². The predicted octanol–water partition coefficient (Wildman–Crippen LogP) is 1.12. The lowest BCUT2D eigenvalue weighted by atomic mass is 10.0. The Labute approximate surface area is 137 Å². The Hall–Kier alpha value is -2.08. The molecule has 0 aromatic heterocycles. The molecule has 1 aromatic carbocycles. The first-order valence-corrected chi connectivity index (χ1v) is 7.86. The van der Waals surface area contributed by atoms with Crippen molar-refractivity contribution in [1.82, 2.24) is 10.2 Å². The first-order valence-electron chi connectivity index (χ1n) is 7.86. The minimum Gasteiger partial charge on any atom is -0.378 e. The van der Waals surface area contributed by atoms with Gasteiger partial charge in [-0.1, -0.05) is 0 Å². The van der Waals surface area contributed by atoms with Gasteiger partial charge in [-0.25, -0.2) is 0 Å². The molecule has 0 atom stereocenters. The Morgan fingerprint density at radius 3 is 2.35 bits per heavy atom. The van der Waals surface area contributed by atoms with Crippen LogP contribution in [0.25, 0.3) is 0 Å². The molecule has 6 heteroatoms. The summed E-state index contributed by atoms with van der Waals surface area (Å²) < 4.78 is 4.81. The van der Waals surface area contributed by atoms with Gasteiger partial charge in [0.25, 0.3) is 5.91 Å². The first kappa shape index (κ1) is 17.3. The Morgan fingerprint density at radius 1 is 1.22 bits per heavy atom. The zero-order valence-corrected chi connectivity index (χ0v) is 14.0. The highest BCUT2D eigenvalue weighted by Gasteiger charge is 2.24. The van der Waals surface area contributed by atoms with Crippen molar-refractivity contribution >= 4 is 17.5 Å². The first-order chi connectivity index (χ1) is 11.0. The van der Waals surface area contributed by atoms with Gasteiger partial charge in [0.05, 0.1) is 0 Å². The molecular weight excluding hydrogens is 294 g/mol. The summed E-state index contributed by atoms with van der Waals surface area (Å²) in [5.74, 6) is -0.0477. The van der Waals surface area contributed by atoms with Gasteiger partial charge in [-0.15, -0.1) is 0 Å². The number of hydrogen-bond acceptors (Lipinski definition) is 4. The van der Waals surface area contributed by atoms with E-state index in [-0.39, 0.29) is 24.5 Å². The second-order valence-electron chi connectivity index (χ2n) is 6.01. The molecular formula is C17H25N3O3. The molecule has 126 valence electrons. The largest absolute Gasteiger partial charge is 0.378 e. The van der Waals surface area contributed by atoms with Crippen LogP contribution in [0.1, 0.15) is 23.2 Å². The molecule has 0 unspecified atom stereocenters. The Bertz CT molecular complexity index is 535. The number of nitrogens with zero attached hydrogens (tertiary/aromatic N) is 2. The third-order valence-corrected chi connectivity index (χ3v) is 4.05. The molecule has 23 heavy (non-hydrogen) atoms.